The number of hydrogen-bond donors (Lipinski definition) is 0. The number of hydrogen-bond acceptors (Lipinski definition) is 7. The van der Waals surface area contributed by atoms with E-state index in [4.69, 9.17) is 4.74 Å². The molecular weight excluding hydrogens is 310 g/mol. The van der Waals surface area contributed by atoms with Gasteiger partial charge in [0.2, 0.25) is 5.88 Å². The Balaban J connectivity index is 1.57. The molecule has 6 nitrogen and oxygen atoms in total. The van der Waals surface area contributed by atoms with Crippen LogP contribution in [-0.2, 0) is 6.54 Å². The molecule has 0 bridgehead atoms. The molecule has 0 amide bonds. The summed E-state index contributed by atoms with van der Waals surface area (Å²) in [5.74, 6) is 1.69. The zero-order valence-corrected chi connectivity index (χ0v) is 14.3. The van der Waals surface area contributed by atoms with E-state index in [0.29, 0.717) is 5.88 Å². The van der Waals surface area contributed by atoms with Crippen molar-refractivity contribution in [3.05, 3.63) is 36.2 Å². The molecule has 1 aliphatic rings. The van der Waals surface area contributed by atoms with E-state index < -0.39 is 0 Å². The first-order valence-electron chi connectivity index (χ1n) is 7.63. The molecule has 2 aromatic heterocycles. The second-order valence-electron chi connectivity index (χ2n) is 5.34. The van der Waals surface area contributed by atoms with Crippen LogP contribution >= 0.6 is 11.8 Å². The summed E-state index contributed by atoms with van der Waals surface area (Å²) in [5.41, 5.74) is 1.05. The topological polar surface area (TPSA) is 54.4 Å². The Morgan fingerprint density at radius 2 is 1.96 bits per heavy atom. The van der Waals surface area contributed by atoms with Crippen molar-refractivity contribution < 1.29 is 4.74 Å². The maximum atomic E-state index is 5.19. The van der Waals surface area contributed by atoms with Crippen LogP contribution in [0.25, 0.3) is 0 Å². The van der Waals surface area contributed by atoms with Crippen LogP contribution in [0.2, 0.25) is 0 Å². The van der Waals surface area contributed by atoms with Crippen LogP contribution in [-0.4, -0.2) is 59.4 Å². The molecule has 122 valence electrons. The lowest BCUT2D eigenvalue weighted by atomic mass is 10.2. The largest absolute Gasteiger partial charge is 0.481 e. The van der Waals surface area contributed by atoms with Gasteiger partial charge in [-0.05, 0) is 18.4 Å². The van der Waals surface area contributed by atoms with Gasteiger partial charge in [-0.1, -0.05) is 17.8 Å². The Hall–Kier alpha value is -1.86. The Morgan fingerprint density at radius 3 is 2.70 bits per heavy atom. The van der Waals surface area contributed by atoms with Crippen molar-refractivity contribution in [2.75, 3.05) is 44.4 Å². The number of methoxy groups -OCH3 is 1. The Morgan fingerprint density at radius 1 is 1.13 bits per heavy atom. The van der Waals surface area contributed by atoms with Gasteiger partial charge in [-0.3, -0.25) is 4.90 Å². The Bertz CT molecular complexity index is 646. The number of piperazine rings is 1. The summed E-state index contributed by atoms with van der Waals surface area (Å²) < 4.78 is 5.19. The van der Waals surface area contributed by atoms with Gasteiger partial charge >= 0.3 is 0 Å². The molecule has 3 rings (SSSR count). The molecule has 0 N–H and O–H groups in total. The lowest BCUT2D eigenvalue weighted by Gasteiger charge is -2.35. The fourth-order valence-electron chi connectivity index (χ4n) is 2.63. The van der Waals surface area contributed by atoms with E-state index in [-0.39, 0.29) is 0 Å². The molecule has 0 saturated carbocycles. The van der Waals surface area contributed by atoms with Gasteiger partial charge in [0.1, 0.15) is 5.82 Å². The number of thioether (sulfide) groups is 1. The summed E-state index contributed by atoms with van der Waals surface area (Å²) in [4.78, 5) is 18.0. The maximum Gasteiger partial charge on any atom is 0.213 e. The molecule has 23 heavy (non-hydrogen) atoms. The predicted octanol–water partition coefficient (Wildman–Crippen LogP) is 1.92. The molecular formula is C16H21N5OS. The fourth-order valence-corrected chi connectivity index (χ4v) is 2.98. The monoisotopic (exact) mass is 331 g/mol. The molecule has 1 fully saturated rings. The maximum absolute atomic E-state index is 5.19. The van der Waals surface area contributed by atoms with Crippen molar-refractivity contribution in [1.29, 1.82) is 0 Å². The molecule has 1 saturated heterocycles. The molecule has 1 aliphatic heterocycles. The highest BCUT2D eigenvalue weighted by atomic mass is 32.2. The van der Waals surface area contributed by atoms with Gasteiger partial charge in [0, 0.05) is 45.0 Å². The number of rotatable bonds is 5. The van der Waals surface area contributed by atoms with Gasteiger partial charge in [-0.15, -0.1) is 0 Å². The third-order valence-electron chi connectivity index (χ3n) is 3.87. The highest BCUT2D eigenvalue weighted by molar-refractivity contribution is 7.98. The summed E-state index contributed by atoms with van der Waals surface area (Å²) in [6.07, 6.45) is 3.83. The van der Waals surface area contributed by atoms with E-state index in [1.54, 1.807) is 18.9 Å². The first-order chi connectivity index (χ1) is 11.3. The van der Waals surface area contributed by atoms with Crippen LogP contribution < -0.4 is 9.64 Å². The quantitative estimate of drug-likeness (QED) is 0.613. The minimum atomic E-state index is 0.673. The van der Waals surface area contributed by atoms with Crippen molar-refractivity contribution >= 4 is 17.6 Å². The highest BCUT2D eigenvalue weighted by Gasteiger charge is 2.19. The lowest BCUT2D eigenvalue weighted by Crippen LogP contribution is -2.46. The second-order valence-corrected chi connectivity index (χ2v) is 6.11. The second kappa shape index (κ2) is 7.61. The zero-order chi connectivity index (χ0) is 16.1. The SMILES string of the molecule is COc1cccc(CN2CCN(c3ccnc(SC)n3)CC2)n1. The summed E-state index contributed by atoms with van der Waals surface area (Å²) in [6, 6.07) is 7.89. The summed E-state index contributed by atoms with van der Waals surface area (Å²) in [7, 11) is 1.65. The smallest absolute Gasteiger partial charge is 0.213 e. The normalized spacial score (nSPS) is 15.7. The first-order valence-corrected chi connectivity index (χ1v) is 8.85. The fraction of sp³-hybridized carbons (Fsp3) is 0.438. The van der Waals surface area contributed by atoms with Crippen LogP contribution in [0.1, 0.15) is 5.69 Å². The van der Waals surface area contributed by atoms with E-state index in [0.717, 1.165) is 49.4 Å². The van der Waals surface area contributed by atoms with Crippen LogP contribution in [0.5, 0.6) is 5.88 Å². The van der Waals surface area contributed by atoms with Gasteiger partial charge in [-0.2, -0.15) is 0 Å². The van der Waals surface area contributed by atoms with E-state index in [2.05, 4.69) is 24.8 Å². The predicted molar refractivity (Wildman–Crippen MR) is 92.1 cm³/mol. The van der Waals surface area contributed by atoms with Crippen molar-refractivity contribution in [2.45, 2.75) is 11.7 Å². The average molecular weight is 331 g/mol. The minimum Gasteiger partial charge on any atom is -0.481 e. The van der Waals surface area contributed by atoms with Crippen molar-refractivity contribution in [3.63, 3.8) is 0 Å². The third-order valence-corrected chi connectivity index (χ3v) is 4.44. The number of ether oxygens (including phenoxy) is 1. The molecule has 7 heteroatoms. The standard InChI is InChI=1S/C16H21N5OS/c1-22-15-5-3-4-13(18-15)12-20-8-10-21(11-9-20)14-6-7-17-16(19-14)23-2/h3-7H,8-12H2,1-2H3. The lowest BCUT2D eigenvalue weighted by molar-refractivity contribution is 0.245. The highest BCUT2D eigenvalue weighted by Crippen LogP contribution is 2.17. The van der Waals surface area contributed by atoms with E-state index >= 15 is 0 Å². The number of anilines is 1. The molecule has 0 aliphatic carbocycles. The Labute approximate surface area is 140 Å². The van der Waals surface area contributed by atoms with Crippen LogP contribution in [0.3, 0.4) is 0 Å². The van der Waals surface area contributed by atoms with Crippen molar-refractivity contribution in [3.8, 4) is 5.88 Å². The first kappa shape index (κ1) is 16.0. The summed E-state index contributed by atoms with van der Waals surface area (Å²) in [6.45, 7) is 4.78. The number of nitrogens with zero attached hydrogens (tertiary/aromatic N) is 5. The molecule has 0 radical (unpaired) electrons. The molecule has 2 aromatic rings. The van der Waals surface area contributed by atoms with E-state index in [1.807, 2.05) is 36.7 Å². The van der Waals surface area contributed by atoms with Gasteiger partial charge in [0.05, 0.1) is 12.8 Å². The minimum absolute atomic E-state index is 0.673. The van der Waals surface area contributed by atoms with E-state index in [1.165, 1.54) is 0 Å². The average Bonchev–Trinajstić information content (AvgIpc) is 2.62. The number of aromatic nitrogens is 3. The zero-order valence-electron chi connectivity index (χ0n) is 13.5. The van der Waals surface area contributed by atoms with Gasteiger partial charge < -0.3 is 9.64 Å². The Kier molecular flexibility index (Phi) is 5.30. The molecule has 0 aromatic carbocycles. The summed E-state index contributed by atoms with van der Waals surface area (Å²) >= 11 is 1.57. The summed E-state index contributed by atoms with van der Waals surface area (Å²) in [5, 5.41) is 0.825. The van der Waals surface area contributed by atoms with Crippen LogP contribution in [0, 0.1) is 0 Å². The van der Waals surface area contributed by atoms with Crippen LogP contribution in [0.15, 0.2) is 35.6 Å². The van der Waals surface area contributed by atoms with Crippen LogP contribution in [0.4, 0.5) is 5.82 Å². The van der Waals surface area contributed by atoms with E-state index in [9.17, 15) is 0 Å². The third kappa shape index (κ3) is 4.11. The van der Waals surface area contributed by atoms with Gasteiger partial charge in [-0.25, -0.2) is 15.0 Å². The molecule has 0 unspecified atom stereocenters. The molecule has 0 spiro atoms. The van der Waals surface area contributed by atoms with Gasteiger partial charge in [0.25, 0.3) is 0 Å². The molecule has 3 heterocycles. The van der Waals surface area contributed by atoms with Crippen molar-refractivity contribution in [2.24, 2.45) is 0 Å². The van der Waals surface area contributed by atoms with Crippen molar-refractivity contribution in [1.82, 2.24) is 19.9 Å². The van der Waals surface area contributed by atoms with Gasteiger partial charge in [0.15, 0.2) is 5.16 Å². The number of pyridine rings is 1. The molecule has 0 atom stereocenters.